The smallest absolute Gasteiger partial charge is 0.312 e. The minimum atomic E-state index is -1.22. The van der Waals surface area contributed by atoms with Gasteiger partial charge in [0, 0.05) is 0 Å². The molecule has 0 saturated heterocycles. The average molecular weight is 266 g/mol. The third-order valence-corrected chi connectivity index (χ3v) is 2.08. The number of carbonyl (C=O) groups is 3. The summed E-state index contributed by atoms with van der Waals surface area (Å²) in [4.78, 5) is 32.3. The van der Waals surface area contributed by atoms with Crippen molar-refractivity contribution in [3.05, 3.63) is 24.3 Å². The number of primary amides is 1. The standard InChI is InChI=1S/C12H14N2O5/c13-10(15)5-6-19-9-4-2-1-3-8(9)14-11(16)7-12(17)18/h1-4H,5-7H2,(H2,13,15)(H,14,16)(H,17,18). The number of rotatable bonds is 7. The maximum absolute atomic E-state index is 11.3. The molecule has 1 rings (SSSR count). The molecule has 19 heavy (non-hydrogen) atoms. The lowest BCUT2D eigenvalue weighted by molar-refractivity contribution is -0.139. The zero-order valence-corrected chi connectivity index (χ0v) is 10.1. The van der Waals surface area contributed by atoms with Crippen molar-refractivity contribution >= 4 is 23.5 Å². The summed E-state index contributed by atoms with van der Waals surface area (Å²) in [6, 6.07) is 6.51. The van der Waals surface area contributed by atoms with Crippen LogP contribution in [0.5, 0.6) is 5.75 Å². The normalized spacial score (nSPS) is 9.68. The minimum Gasteiger partial charge on any atom is -0.491 e. The van der Waals surface area contributed by atoms with Crippen LogP contribution in [0.15, 0.2) is 24.3 Å². The van der Waals surface area contributed by atoms with Crippen molar-refractivity contribution in [1.82, 2.24) is 0 Å². The molecule has 0 radical (unpaired) electrons. The number of anilines is 1. The van der Waals surface area contributed by atoms with Crippen LogP contribution in [0.1, 0.15) is 12.8 Å². The van der Waals surface area contributed by atoms with Crippen molar-refractivity contribution in [3.8, 4) is 5.75 Å². The zero-order chi connectivity index (χ0) is 14.3. The van der Waals surface area contributed by atoms with Crippen molar-refractivity contribution in [2.75, 3.05) is 11.9 Å². The first-order valence-corrected chi connectivity index (χ1v) is 5.51. The lowest BCUT2D eigenvalue weighted by Gasteiger charge is -2.11. The van der Waals surface area contributed by atoms with E-state index in [1.54, 1.807) is 24.3 Å². The number of benzene rings is 1. The largest absolute Gasteiger partial charge is 0.491 e. The maximum Gasteiger partial charge on any atom is 0.312 e. The molecule has 7 heteroatoms. The predicted molar refractivity (Wildman–Crippen MR) is 66.6 cm³/mol. The van der Waals surface area contributed by atoms with E-state index in [9.17, 15) is 14.4 Å². The summed E-state index contributed by atoms with van der Waals surface area (Å²) in [5.74, 6) is -2.02. The first-order valence-electron chi connectivity index (χ1n) is 5.51. The van der Waals surface area contributed by atoms with Gasteiger partial charge >= 0.3 is 5.97 Å². The van der Waals surface area contributed by atoms with E-state index in [0.29, 0.717) is 11.4 Å². The molecule has 7 nitrogen and oxygen atoms in total. The van der Waals surface area contributed by atoms with Crippen LogP contribution in [0.25, 0.3) is 0 Å². The fraction of sp³-hybridized carbons (Fsp3) is 0.250. The van der Waals surface area contributed by atoms with Crippen molar-refractivity contribution in [2.45, 2.75) is 12.8 Å². The van der Waals surface area contributed by atoms with E-state index >= 15 is 0 Å². The maximum atomic E-state index is 11.3. The van der Waals surface area contributed by atoms with Crippen molar-refractivity contribution in [2.24, 2.45) is 5.73 Å². The Morgan fingerprint density at radius 2 is 1.95 bits per heavy atom. The number of carboxylic acids is 1. The average Bonchev–Trinajstić information content (AvgIpc) is 2.29. The number of para-hydroxylation sites is 2. The van der Waals surface area contributed by atoms with Gasteiger partial charge < -0.3 is 20.9 Å². The summed E-state index contributed by atoms with van der Waals surface area (Å²) in [6.45, 7) is 0.0845. The number of nitrogens with one attached hydrogen (secondary N) is 1. The Kier molecular flexibility index (Phi) is 5.34. The van der Waals surface area contributed by atoms with Gasteiger partial charge in [-0.15, -0.1) is 0 Å². The third-order valence-electron chi connectivity index (χ3n) is 2.08. The number of hydrogen-bond acceptors (Lipinski definition) is 4. The molecule has 0 spiro atoms. The summed E-state index contributed by atoms with van der Waals surface area (Å²) >= 11 is 0. The van der Waals surface area contributed by atoms with Gasteiger partial charge in [-0.2, -0.15) is 0 Å². The van der Waals surface area contributed by atoms with Crippen molar-refractivity contribution in [1.29, 1.82) is 0 Å². The molecule has 0 aromatic heterocycles. The molecule has 0 atom stereocenters. The molecular formula is C12H14N2O5. The molecule has 0 fully saturated rings. The minimum absolute atomic E-state index is 0.0530. The molecule has 0 bridgehead atoms. The first-order chi connectivity index (χ1) is 8.99. The van der Waals surface area contributed by atoms with Gasteiger partial charge in [0.1, 0.15) is 12.2 Å². The molecule has 1 aromatic carbocycles. The predicted octanol–water partition coefficient (Wildman–Crippen LogP) is 0.354. The van der Waals surface area contributed by atoms with E-state index < -0.39 is 24.2 Å². The second kappa shape index (κ2) is 7.00. The molecule has 0 heterocycles. The van der Waals surface area contributed by atoms with E-state index in [2.05, 4.69) is 5.32 Å². The zero-order valence-electron chi connectivity index (χ0n) is 10.1. The van der Waals surface area contributed by atoms with Crippen LogP contribution < -0.4 is 15.8 Å². The first kappa shape index (κ1) is 14.5. The molecule has 1 aromatic rings. The Labute approximate surface area is 109 Å². The fourth-order valence-corrected chi connectivity index (χ4v) is 1.29. The van der Waals surface area contributed by atoms with Gasteiger partial charge in [-0.1, -0.05) is 12.1 Å². The van der Waals surface area contributed by atoms with Crippen LogP contribution >= 0.6 is 0 Å². The topological polar surface area (TPSA) is 119 Å². The number of nitrogens with two attached hydrogens (primary N) is 1. The number of aliphatic carboxylic acids is 1. The van der Waals surface area contributed by atoms with Gasteiger partial charge in [-0.3, -0.25) is 14.4 Å². The molecule has 0 unspecified atom stereocenters. The summed E-state index contributed by atoms with van der Waals surface area (Å²) in [7, 11) is 0. The number of carboxylic acid groups (broad SMARTS) is 1. The molecule has 102 valence electrons. The van der Waals surface area contributed by atoms with Crippen LogP contribution in [-0.2, 0) is 14.4 Å². The Bertz CT molecular complexity index is 487. The Morgan fingerprint density at radius 1 is 1.26 bits per heavy atom. The van der Waals surface area contributed by atoms with Gasteiger partial charge in [0.25, 0.3) is 0 Å². The van der Waals surface area contributed by atoms with Crippen LogP contribution in [0, 0.1) is 0 Å². The van der Waals surface area contributed by atoms with E-state index in [1.807, 2.05) is 0 Å². The van der Waals surface area contributed by atoms with Crippen LogP contribution in [0.3, 0.4) is 0 Å². The highest BCUT2D eigenvalue weighted by Gasteiger charge is 2.10. The van der Waals surface area contributed by atoms with Gasteiger partial charge in [-0.25, -0.2) is 0 Å². The molecule has 0 aliphatic heterocycles. The fourth-order valence-electron chi connectivity index (χ4n) is 1.29. The summed E-state index contributed by atoms with van der Waals surface area (Å²) in [5, 5.41) is 10.9. The lowest BCUT2D eigenvalue weighted by Crippen LogP contribution is -2.17. The molecular weight excluding hydrogens is 252 g/mol. The van der Waals surface area contributed by atoms with Crippen LogP contribution in [0.2, 0.25) is 0 Å². The molecule has 0 saturated carbocycles. The SMILES string of the molecule is NC(=O)CCOc1ccccc1NC(=O)CC(=O)O. The highest BCUT2D eigenvalue weighted by Crippen LogP contribution is 2.23. The summed E-state index contributed by atoms with van der Waals surface area (Å²) < 4.78 is 5.29. The molecule has 4 N–H and O–H groups in total. The van der Waals surface area contributed by atoms with E-state index in [-0.39, 0.29) is 13.0 Å². The van der Waals surface area contributed by atoms with Crippen molar-refractivity contribution in [3.63, 3.8) is 0 Å². The van der Waals surface area contributed by atoms with E-state index in [0.717, 1.165) is 0 Å². The van der Waals surface area contributed by atoms with E-state index in [4.69, 9.17) is 15.6 Å². The van der Waals surface area contributed by atoms with Gasteiger partial charge in [0.15, 0.2) is 0 Å². The Balaban J connectivity index is 2.64. The third kappa shape index (κ3) is 5.53. The molecule has 2 amide bonds. The second-order valence-corrected chi connectivity index (χ2v) is 3.68. The molecule has 0 aliphatic rings. The highest BCUT2D eigenvalue weighted by molar-refractivity contribution is 6.02. The van der Waals surface area contributed by atoms with Crippen LogP contribution in [-0.4, -0.2) is 29.5 Å². The van der Waals surface area contributed by atoms with Gasteiger partial charge in [0.05, 0.1) is 18.7 Å². The lowest BCUT2D eigenvalue weighted by atomic mass is 10.2. The summed E-state index contributed by atoms with van der Waals surface area (Å²) in [6.07, 6.45) is -0.576. The quantitative estimate of drug-likeness (QED) is 0.615. The number of hydrogen-bond donors (Lipinski definition) is 3. The van der Waals surface area contributed by atoms with E-state index in [1.165, 1.54) is 0 Å². The highest BCUT2D eigenvalue weighted by atomic mass is 16.5. The monoisotopic (exact) mass is 266 g/mol. The van der Waals surface area contributed by atoms with Crippen LogP contribution in [0.4, 0.5) is 5.69 Å². The molecule has 0 aliphatic carbocycles. The second-order valence-electron chi connectivity index (χ2n) is 3.68. The Hall–Kier alpha value is -2.57. The summed E-state index contributed by atoms with van der Waals surface area (Å²) in [5.41, 5.74) is 5.32. The van der Waals surface area contributed by atoms with Gasteiger partial charge in [-0.05, 0) is 12.1 Å². The number of ether oxygens (including phenoxy) is 1. The van der Waals surface area contributed by atoms with Gasteiger partial charge in [0.2, 0.25) is 11.8 Å². The van der Waals surface area contributed by atoms with Crippen molar-refractivity contribution < 1.29 is 24.2 Å². The Morgan fingerprint density at radius 3 is 2.58 bits per heavy atom. The number of amides is 2. The number of carbonyl (C=O) groups excluding carboxylic acids is 2.